The summed E-state index contributed by atoms with van der Waals surface area (Å²) < 4.78 is 4.51. The fraction of sp³-hybridized carbons (Fsp3) is 0.606. The van der Waals surface area contributed by atoms with Crippen molar-refractivity contribution in [1.82, 2.24) is 0 Å². The highest BCUT2D eigenvalue weighted by Gasteiger charge is 2.35. The van der Waals surface area contributed by atoms with Crippen LogP contribution in [0.25, 0.3) is 0 Å². The minimum absolute atomic E-state index is 0.186. The molecule has 0 aromatic heterocycles. The van der Waals surface area contributed by atoms with Crippen LogP contribution >= 0.6 is 23.5 Å². The number of benzene rings is 2. The van der Waals surface area contributed by atoms with Crippen LogP contribution in [0.15, 0.2) is 34.1 Å². The summed E-state index contributed by atoms with van der Waals surface area (Å²) in [4.78, 5) is 14.7. The van der Waals surface area contributed by atoms with Crippen LogP contribution in [0.5, 0.6) is 11.5 Å². The van der Waals surface area contributed by atoms with Gasteiger partial charge >= 0.3 is 5.97 Å². The number of phenolic OH excluding ortho intramolecular Hbond substituents is 2. The average molecular weight is 575 g/mol. The molecule has 0 aliphatic rings. The number of ether oxygens (including phenoxy) is 1. The molecule has 0 saturated carbocycles. The number of methoxy groups -OCH3 is 1. The normalized spacial score (nSPS) is 13.5. The number of hydrogen-bond acceptors (Lipinski definition) is 6. The van der Waals surface area contributed by atoms with Crippen molar-refractivity contribution < 1.29 is 19.7 Å². The van der Waals surface area contributed by atoms with E-state index in [1.165, 1.54) is 7.11 Å². The summed E-state index contributed by atoms with van der Waals surface area (Å²) in [5.74, 6) is 0.393. The second-order valence-electron chi connectivity index (χ2n) is 14.8. The molecular formula is C33H50O4S2. The van der Waals surface area contributed by atoms with Crippen molar-refractivity contribution in [3.05, 3.63) is 46.5 Å². The van der Waals surface area contributed by atoms with Crippen LogP contribution < -0.4 is 0 Å². The summed E-state index contributed by atoms with van der Waals surface area (Å²) in [6.07, 6.45) is 0.186. The van der Waals surface area contributed by atoms with Gasteiger partial charge in [0.05, 0.1) is 17.6 Å². The molecule has 0 fully saturated rings. The van der Waals surface area contributed by atoms with Gasteiger partial charge in [-0.15, -0.1) is 23.5 Å². The van der Waals surface area contributed by atoms with Crippen molar-refractivity contribution in [2.75, 3.05) is 7.11 Å². The fourth-order valence-corrected chi connectivity index (χ4v) is 7.37. The highest BCUT2D eigenvalue weighted by atomic mass is 32.2. The second-order valence-corrected chi connectivity index (χ2v) is 18.2. The van der Waals surface area contributed by atoms with Gasteiger partial charge in [0.1, 0.15) is 11.5 Å². The van der Waals surface area contributed by atoms with E-state index in [1.54, 1.807) is 23.5 Å². The van der Waals surface area contributed by atoms with Crippen molar-refractivity contribution in [2.45, 2.75) is 132 Å². The van der Waals surface area contributed by atoms with Gasteiger partial charge in [0, 0.05) is 32.0 Å². The lowest BCUT2D eigenvalue weighted by molar-refractivity contribution is -0.140. The van der Waals surface area contributed by atoms with Gasteiger partial charge in [-0.05, 0) is 52.8 Å². The quantitative estimate of drug-likeness (QED) is 0.203. The Morgan fingerprint density at radius 3 is 1.08 bits per heavy atom. The molecule has 218 valence electrons. The molecule has 2 aromatic carbocycles. The smallest absolute Gasteiger partial charge is 0.307 e. The number of esters is 1. The Labute approximate surface area is 245 Å². The fourth-order valence-electron chi connectivity index (χ4n) is 4.55. The van der Waals surface area contributed by atoms with Crippen molar-refractivity contribution in [3.8, 4) is 11.5 Å². The molecule has 0 spiro atoms. The summed E-state index contributed by atoms with van der Waals surface area (Å²) in [7, 11) is 1.42. The van der Waals surface area contributed by atoms with Crippen molar-refractivity contribution >= 4 is 29.5 Å². The Kier molecular flexibility index (Phi) is 9.63. The number of aromatic hydroxyl groups is 2. The molecule has 0 amide bonds. The third-order valence-electron chi connectivity index (χ3n) is 6.76. The van der Waals surface area contributed by atoms with Crippen molar-refractivity contribution in [1.29, 1.82) is 0 Å². The number of carbonyl (C=O) groups excluding carboxylic acids is 1. The van der Waals surface area contributed by atoms with Crippen LogP contribution in [-0.2, 0) is 31.2 Å². The Bertz CT molecular complexity index is 1050. The lowest BCUT2D eigenvalue weighted by atomic mass is 9.79. The van der Waals surface area contributed by atoms with Crippen LogP contribution in [0.3, 0.4) is 0 Å². The number of carbonyl (C=O) groups is 1. The molecule has 2 rings (SSSR count). The molecule has 39 heavy (non-hydrogen) atoms. The molecule has 0 saturated heterocycles. The van der Waals surface area contributed by atoms with E-state index < -0.39 is 4.08 Å². The van der Waals surface area contributed by atoms with Gasteiger partial charge in [-0.2, -0.15) is 0 Å². The number of hydrogen-bond donors (Lipinski definition) is 2. The standard InChI is InChI=1S/C33H50O4S2/c1-29(2,3)22-15-20(16-23(27(22)35)30(4,5)6)38-33(13,19-26(34)37-14)39-21-17-24(31(7,8)9)28(36)25(18-21)32(10,11)12/h15-18,35-36H,19H2,1-14H3. The minimum Gasteiger partial charge on any atom is -0.507 e. The molecular weight excluding hydrogens is 524 g/mol. The maximum Gasteiger partial charge on any atom is 0.307 e. The van der Waals surface area contributed by atoms with Gasteiger partial charge in [0.15, 0.2) is 0 Å². The monoisotopic (exact) mass is 574 g/mol. The molecule has 2 aromatic rings. The van der Waals surface area contributed by atoms with E-state index in [0.29, 0.717) is 11.5 Å². The van der Waals surface area contributed by atoms with Crippen molar-refractivity contribution in [3.63, 3.8) is 0 Å². The first kappa shape index (κ1) is 33.4. The SMILES string of the molecule is COC(=O)CC(C)(Sc1cc(C(C)(C)C)c(O)c(C(C)(C)C)c1)Sc1cc(C(C)(C)C)c(O)c(C(C)(C)C)c1. The second kappa shape index (κ2) is 11.2. The lowest BCUT2D eigenvalue weighted by Gasteiger charge is -2.33. The van der Waals surface area contributed by atoms with Gasteiger partial charge < -0.3 is 14.9 Å². The molecule has 0 radical (unpaired) electrons. The molecule has 0 aliphatic heterocycles. The number of rotatable bonds is 6. The summed E-state index contributed by atoms with van der Waals surface area (Å²) in [6, 6.07) is 8.24. The van der Waals surface area contributed by atoms with E-state index in [9.17, 15) is 15.0 Å². The summed E-state index contributed by atoms with van der Waals surface area (Å²) in [5, 5.41) is 22.5. The van der Waals surface area contributed by atoms with Gasteiger partial charge in [0.2, 0.25) is 0 Å². The first-order valence-corrected chi connectivity index (χ1v) is 15.2. The first-order chi connectivity index (χ1) is 17.4. The van der Waals surface area contributed by atoms with E-state index in [1.807, 2.05) is 0 Å². The lowest BCUT2D eigenvalue weighted by Crippen LogP contribution is -2.23. The van der Waals surface area contributed by atoms with Crippen LogP contribution in [0.1, 0.15) is 119 Å². The van der Waals surface area contributed by atoms with Crippen LogP contribution in [-0.4, -0.2) is 27.4 Å². The maximum absolute atomic E-state index is 12.7. The average Bonchev–Trinajstić information content (AvgIpc) is 2.72. The van der Waals surface area contributed by atoms with Crippen LogP contribution in [0, 0.1) is 0 Å². The molecule has 0 atom stereocenters. The highest BCUT2D eigenvalue weighted by molar-refractivity contribution is 8.18. The first-order valence-electron chi connectivity index (χ1n) is 13.6. The van der Waals surface area contributed by atoms with Crippen molar-refractivity contribution in [2.24, 2.45) is 0 Å². The molecule has 2 N–H and O–H groups in total. The maximum atomic E-state index is 12.7. The Morgan fingerprint density at radius 1 is 0.615 bits per heavy atom. The molecule has 0 unspecified atom stereocenters. The zero-order valence-corrected chi connectivity index (χ0v) is 28.2. The van der Waals surface area contributed by atoms with E-state index in [2.05, 4.69) is 114 Å². The van der Waals surface area contributed by atoms with Gasteiger partial charge in [-0.1, -0.05) is 83.1 Å². The zero-order chi connectivity index (χ0) is 30.4. The Hall–Kier alpha value is -1.79. The zero-order valence-electron chi connectivity index (χ0n) is 26.5. The predicted octanol–water partition coefficient (Wildman–Crippen LogP) is 9.45. The molecule has 6 heteroatoms. The molecule has 0 heterocycles. The van der Waals surface area contributed by atoms with E-state index >= 15 is 0 Å². The Morgan fingerprint density at radius 2 is 0.872 bits per heavy atom. The summed E-state index contributed by atoms with van der Waals surface area (Å²) in [5.41, 5.74) is 2.52. The highest BCUT2D eigenvalue weighted by Crippen LogP contribution is 2.52. The molecule has 0 bridgehead atoms. The summed E-state index contributed by atoms with van der Waals surface area (Å²) in [6.45, 7) is 27.3. The topological polar surface area (TPSA) is 66.8 Å². The summed E-state index contributed by atoms with van der Waals surface area (Å²) >= 11 is 3.24. The number of thioether (sulfide) groups is 2. The van der Waals surface area contributed by atoms with E-state index in [4.69, 9.17) is 4.74 Å². The largest absolute Gasteiger partial charge is 0.507 e. The van der Waals surface area contributed by atoms with Crippen LogP contribution in [0.2, 0.25) is 0 Å². The van der Waals surface area contributed by atoms with Gasteiger partial charge in [-0.25, -0.2) is 0 Å². The van der Waals surface area contributed by atoms with E-state index in [-0.39, 0.29) is 34.1 Å². The predicted molar refractivity (Wildman–Crippen MR) is 168 cm³/mol. The third kappa shape index (κ3) is 8.36. The van der Waals surface area contributed by atoms with E-state index in [0.717, 1.165) is 32.0 Å². The third-order valence-corrected chi connectivity index (χ3v) is 9.35. The van der Waals surface area contributed by atoms with Gasteiger partial charge in [0.25, 0.3) is 0 Å². The minimum atomic E-state index is -0.615. The molecule has 4 nitrogen and oxygen atoms in total. The Balaban J connectivity index is 2.74. The van der Waals surface area contributed by atoms with Gasteiger partial charge in [-0.3, -0.25) is 4.79 Å². The van der Waals surface area contributed by atoms with Crippen LogP contribution in [0.4, 0.5) is 0 Å². The molecule has 0 aliphatic carbocycles. The number of phenols is 2.